The maximum Gasteiger partial charge on any atom is 0.246 e. The molecule has 0 saturated carbocycles. The first kappa shape index (κ1) is 16.7. The molecule has 2 atom stereocenters. The van der Waals surface area contributed by atoms with E-state index in [0.29, 0.717) is 25.4 Å². The molecule has 1 aromatic rings. The Morgan fingerprint density at radius 2 is 2.04 bits per heavy atom. The number of aryl methyl sites for hydroxylation is 1. The highest BCUT2D eigenvalue weighted by Crippen LogP contribution is 2.32. The van der Waals surface area contributed by atoms with Crippen molar-refractivity contribution in [2.75, 3.05) is 46.9 Å². The number of hydrogen-bond donors (Lipinski definition) is 0. The number of nitrogens with zero attached hydrogens (tertiary/aromatic N) is 2. The van der Waals surface area contributed by atoms with Gasteiger partial charge in [-0.05, 0) is 31.7 Å². The molecule has 0 amide bonds. The van der Waals surface area contributed by atoms with Crippen molar-refractivity contribution in [1.29, 1.82) is 0 Å². The van der Waals surface area contributed by atoms with Gasteiger partial charge in [0.25, 0.3) is 0 Å². The standard InChI is InChI=1S/C16H24N2O4S/c1-12-4-5-16(14(8-12)21-3)23(19,20)18-10-13-9-17(2)6-7-22-15(13)11-18/h4-5,8,13,15H,6-7,9-11H2,1-3H3/t13-,15+/m0/s1. The van der Waals surface area contributed by atoms with E-state index in [-0.39, 0.29) is 16.9 Å². The van der Waals surface area contributed by atoms with Crippen molar-refractivity contribution in [2.24, 2.45) is 5.92 Å². The summed E-state index contributed by atoms with van der Waals surface area (Å²) in [5.41, 5.74) is 0.970. The Kier molecular flexibility index (Phi) is 4.64. The first-order valence-electron chi connectivity index (χ1n) is 7.87. The maximum atomic E-state index is 13.0. The van der Waals surface area contributed by atoms with Crippen molar-refractivity contribution >= 4 is 10.0 Å². The molecule has 7 heteroatoms. The van der Waals surface area contributed by atoms with Gasteiger partial charge in [0, 0.05) is 32.1 Å². The van der Waals surface area contributed by atoms with E-state index < -0.39 is 10.0 Å². The minimum atomic E-state index is -3.58. The third-order valence-corrected chi connectivity index (χ3v) is 6.51. The minimum Gasteiger partial charge on any atom is -0.495 e. The molecule has 0 aromatic heterocycles. The monoisotopic (exact) mass is 340 g/mol. The zero-order valence-corrected chi connectivity index (χ0v) is 14.7. The van der Waals surface area contributed by atoms with Crippen molar-refractivity contribution in [3.63, 3.8) is 0 Å². The summed E-state index contributed by atoms with van der Waals surface area (Å²) in [7, 11) is -0.0287. The van der Waals surface area contributed by atoms with Gasteiger partial charge in [-0.1, -0.05) is 6.07 Å². The van der Waals surface area contributed by atoms with Crippen molar-refractivity contribution in [1.82, 2.24) is 9.21 Å². The Morgan fingerprint density at radius 1 is 1.26 bits per heavy atom. The molecule has 2 saturated heterocycles. The molecule has 0 bridgehead atoms. The Labute approximate surface area is 138 Å². The van der Waals surface area contributed by atoms with E-state index in [0.717, 1.165) is 18.7 Å². The van der Waals surface area contributed by atoms with Crippen LogP contribution in [0.5, 0.6) is 5.75 Å². The summed E-state index contributed by atoms with van der Waals surface area (Å²) in [6.07, 6.45) is -0.0221. The second-order valence-electron chi connectivity index (χ2n) is 6.41. The summed E-state index contributed by atoms with van der Waals surface area (Å²) >= 11 is 0. The lowest BCUT2D eigenvalue weighted by Gasteiger charge is -2.20. The molecule has 1 aromatic carbocycles. The van der Waals surface area contributed by atoms with Crippen LogP contribution in [0.25, 0.3) is 0 Å². The van der Waals surface area contributed by atoms with Gasteiger partial charge >= 0.3 is 0 Å². The second kappa shape index (κ2) is 6.39. The topological polar surface area (TPSA) is 59.1 Å². The lowest BCUT2D eigenvalue weighted by molar-refractivity contribution is 0.0550. The van der Waals surface area contributed by atoms with Crippen molar-refractivity contribution < 1.29 is 17.9 Å². The fourth-order valence-electron chi connectivity index (χ4n) is 3.34. The van der Waals surface area contributed by atoms with Gasteiger partial charge in [-0.15, -0.1) is 0 Å². The molecule has 0 aliphatic carbocycles. The average Bonchev–Trinajstić information content (AvgIpc) is 2.82. The van der Waals surface area contributed by atoms with Gasteiger partial charge < -0.3 is 14.4 Å². The number of benzene rings is 1. The van der Waals surface area contributed by atoms with Crippen LogP contribution < -0.4 is 4.74 Å². The Hall–Kier alpha value is -1.15. The van der Waals surface area contributed by atoms with Crippen LogP contribution in [0.2, 0.25) is 0 Å². The van der Waals surface area contributed by atoms with E-state index >= 15 is 0 Å². The van der Waals surface area contributed by atoms with Gasteiger partial charge in [-0.3, -0.25) is 0 Å². The maximum absolute atomic E-state index is 13.0. The fraction of sp³-hybridized carbons (Fsp3) is 0.625. The summed E-state index contributed by atoms with van der Waals surface area (Å²) in [5, 5.41) is 0. The van der Waals surface area contributed by atoms with Crippen LogP contribution >= 0.6 is 0 Å². The van der Waals surface area contributed by atoms with Crippen molar-refractivity contribution in [3.8, 4) is 5.75 Å². The molecule has 23 heavy (non-hydrogen) atoms. The molecule has 2 heterocycles. The number of ether oxygens (including phenoxy) is 2. The number of hydrogen-bond acceptors (Lipinski definition) is 5. The number of rotatable bonds is 3. The summed E-state index contributed by atoms with van der Waals surface area (Å²) in [5.74, 6) is 0.615. The van der Waals surface area contributed by atoms with Crippen LogP contribution in [0.4, 0.5) is 0 Å². The highest BCUT2D eigenvalue weighted by Gasteiger charge is 2.42. The number of methoxy groups -OCH3 is 1. The Balaban J connectivity index is 1.87. The predicted molar refractivity (Wildman–Crippen MR) is 87.2 cm³/mol. The lowest BCUT2D eigenvalue weighted by atomic mass is 10.1. The quantitative estimate of drug-likeness (QED) is 0.820. The molecule has 2 aliphatic heterocycles. The zero-order valence-electron chi connectivity index (χ0n) is 13.9. The zero-order chi connectivity index (χ0) is 16.6. The van der Waals surface area contributed by atoms with Crippen LogP contribution in [-0.4, -0.2) is 70.7 Å². The second-order valence-corrected chi connectivity index (χ2v) is 8.31. The van der Waals surface area contributed by atoms with E-state index in [1.807, 2.05) is 14.0 Å². The first-order chi connectivity index (χ1) is 10.9. The van der Waals surface area contributed by atoms with Crippen LogP contribution in [0.3, 0.4) is 0 Å². The summed E-state index contributed by atoms with van der Waals surface area (Å²) in [6, 6.07) is 5.18. The SMILES string of the molecule is COc1cc(C)ccc1S(=O)(=O)N1C[C@@H]2CN(C)CCO[C@@H]2C1. The number of fused-ring (bicyclic) bond motifs is 1. The van der Waals surface area contributed by atoms with Gasteiger partial charge in [0.05, 0.1) is 19.8 Å². The van der Waals surface area contributed by atoms with E-state index in [1.54, 1.807) is 18.2 Å². The highest BCUT2D eigenvalue weighted by molar-refractivity contribution is 7.89. The van der Waals surface area contributed by atoms with E-state index in [4.69, 9.17) is 9.47 Å². The molecule has 128 valence electrons. The molecular weight excluding hydrogens is 316 g/mol. The molecule has 0 N–H and O–H groups in total. The average molecular weight is 340 g/mol. The molecule has 2 fully saturated rings. The molecule has 0 radical (unpaired) electrons. The van der Waals surface area contributed by atoms with Crippen LogP contribution in [0.1, 0.15) is 5.56 Å². The molecule has 0 spiro atoms. The van der Waals surface area contributed by atoms with Crippen molar-refractivity contribution in [2.45, 2.75) is 17.9 Å². The third kappa shape index (κ3) is 3.24. The van der Waals surface area contributed by atoms with E-state index in [1.165, 1.54) is 11.4 Å². The van der Waals surface area contributed by atoms with E-state index in [2.05, 4.69) is 4.90 Å². The molecular formula is C16H24N2O4S. The summed E-state index contributed by atoms with van der Waals surface area (Å²) < 4.78 is 38.7. The first-order valence-corrected chi connectivity index (χ1v) is 9.31. The summed E-state index contributed by atoms with van der Waals surface area (Å²) in [6.45, 7) is 5.23. The molecule has 6 nitrogen and oxygen atoms in total. The molecule has 2 aliphatic rings. The van der Waals surface area contributed by atoms with Gasteiger partial charge in [0.1, 0.15) is 10.6 Å². The van der Waals surface area contributed by atoms with Crippen LogP contribution in [0, 0.1) is 12.8 Å². The molecule has 0 unspecified atom stereocenters. The fourth-order valence-corrected chi connectivity index (χ4v) is 4.99. The van der Waals surface area contributed by atoms with E-state index in [9.17, 15) is 8.42 Å². The minimum absolute atomic E-state index is 0.0221. The Morgan fingerprint density at radius 3 is 2.78 bits per heavy atom. The lowest BCUT2D eigenvalue weighted by Crippen LogP contribution is -2.32. The Bertz CT molecular complexity index is 677. The van der Waals surface area contributed by atoms with Crippen molar-refractivity contribution in [3.05, 3.63) is 23.8 Å². The van der Waals surface area contributed by atoms with Crippen LogP contribution in [-0.2, 0) is 14.8 Å². The van der Waals surface area contributed by atoms with Gasteiger partial charge in [0.2, 0.25) is 10.0 Å². The smallest absolute Gasteiger partial charge is 0.246 e. The van der Waals surface area contributed by atoms with Gasteiger partial charge in [-0.2, -0.15) is 4.31 Å². The summed E-state index contributed by atoms with van der Waals surface area (Å²) in [4.78, 5) is 2.43. The highest BCUT2D eigenvalue weighted by atomic mass is 32.2. The van der Waals surface area contributed by atoms with Gasteiger partial charge in [0.15, 0.2) is 0 Å². The third-order valence-electron chi connectivity index (χ3n) is 4.64. The van der Waals surface area contributed by atoms with Crippen LogP contribution in [0.15, 0.2) is 23.1 Å². The number of likely N-dealkylation sites (N-methyl/N-ethyl adjacent to an activating group) is 1. The largest absolute Gasteiger partial charge is 0.495 e. The molecule has 3 rings (SSSR count). The predicted octanol–water partition coefficient (Wildman–Crippen LogP) is 0.955. The number of sulfonamides is 1. The van der Waals surface area contributed by atoms with Gasteiger partial charge in [-0.25, -0.2) is 8.42 Å². The normalized spacial score (nSPS) is 26.7.